The first kappa shape index (κ1) is 16.5. The second-order valence-corrected chi connectivity index (χ2v) is 6.86. The lowest BCUT2D eigenvalue weighted by Gasteiger charge is -2.20. The quantitative estimate of drug-likeness (QED) is 0.713. The summed E-state index contributed by atoms with van der Waals surface area (Å²) in [6, 6.07) is 8.61. The Morgan fingerprint density at radius 1 is 1.26 bits per heavy atom. The Morgan fingerprint density at radius 3 is 2.42 bits per heavy atom. The molecule has 0 spiro atoms. The highest BCUT2D eigenvalue weighted by molar-refractivity contribution is 7.99. The molecular weight excluding hydrogens is 254 g/mol. The number of hydrogen-bond donors (Lipinski definition) is 2. The van der Waals surface area contributed by atoms with E-state index in [2.05, 4.69) is 43.4 Å². The minimum absolute atomic E-state index is 0.567. The van der Waals surface area contributed by atoms with Gasteiger partial charge in [-0.3, -0.25) is 0 Å². The van der Waals surface area contributed by atoms with Crippen LogP contribution in [0.1, 0.15) is 39.7 Å². The van der Waals surface area contributed by atoms with Crippen molar-refractivity contribution < 1.29 is 5.11 Å². The average Bonchev–Trinajstić information content (AvgIpc) is 2.37. The zero-order valence-electron chi connectivity index (χ0n) is 12.6. The maximum atomic E-state index is 9.98. The Bertz CT molecular complexity index is 360. The molecule has 0 aliphatic heterocycles. The number of rotatable bonds is 8. The van der Waals surface area contributed by atoms with Crippen LogP contribution in [0.2, 0.25) is 0 Å². The van der Waals surface area contributed by atoms with E-state index in [-0.39, 0.29) is 0 Å². The van der Waals surface area contributed by atoms with Gasteiger partial charge in [-0.1, -0.05) is 32.9 Å². The lowest BCUT2D eigenvalue weighted by molar-refractivity contribution is 0.0816. The van der Waals surface area contributed by atoms with Gasteiger partial charge < -0.3 is 10.4 Å². The second kappa shape index (κ2) is 7.93. The molecule has 2 nitrogen and oxygen atoms in total. The molecule has 0 aromatic heterocycles. The Labute approximate surface area is 122 Å². The smallest absolute Gasteiger partial charge is 0.0710 e. The average molecular weight is 281 g/mol. The standard InChI is InChI=1S/C16H27NOS/c1-5-16(4,18)12-19-15-8-6-14(7-9-15)11-17-10-13(2)3/h6-9,13,17-18H,5,10-12H2,1-4H3. The molecule has 1 atom stereocenters. The van der Waals surface area contributed by atoms with Gasteiger partial charge in [0.05, 0.1) is 5.60 Å². The first-order valence-electron chi connectivity index (χ1n) is 7.08. The number of aliphatic hydroxyl groups is 1. The number of thioether (sulfide) groups is 1. The van der Waals surface area contributed by atoms with E-state index in [4.69, 9.17) is 0 Å². The lowest BCUT2D eigenvalue weighted by atomic mass is 10.1. The molecule has 1 rings (SSSR count). The van der Waals surface area contributed by atoms with Crippen molar-refractivity contribution in [2.45, 2.75) is 51.2 Å². The molecule has 3 heteroatoms. The van der Waals surface area contributed by atoms with Crippen LogP contribution < -0.4 is 5.32 Å². The van der Waals surface area contributed by atoms with Gasteiger partial charge in [-0.05, 0) is 43.5 Å². The molecule has 1 aromatic carbocycles. The first-order valence-corrected chi connectivity index (χ1v) is 8.06. The molecule has 19 heavy (non-hydrogen) atoms. The Balaban J connectivity index is 2.39. The zero-order chi connectivity index (χ0) is 14.3. The summed E-state index contributed by atoms with van der Waals surface area (Å²) in [6.07, 6.45) is 0.789. The van der Waals surface area contributed by atoms with Crippen molar-refractivity contribution in [2.75, 3.05) is 12.3 Å². The summed E-state index contributed by atoms with van der Waals surface area (Å²) in [7, 11) is 0. The van der Waals surface area contributed by atoms with Crippen molar-refractivity contribution in [3.05, 3.63) is 29.8 Å². The molecular formula is C16H27NOS. The van der Waals surface area contributed by atoms with Crippen molar-refractivity contribution in [1.82, 2.24) is 5.32 Å². The van der Waals surface area contributed by atoms with Crippen LogP contribution in [0.25, 0.3) is 0 Å². The molecule has 0 fully saturated rings. The normalized spacial score (nSPS) is 14.6. The first-order chi connectivity index (χ1) is 8.93. The molecule has 0 saturated carbocycles. The van der Waals surface area contributed by atoms with E-state index in [0.717, 1.165) is 25.3 Å². The summed E-state index contributed by atoms with van der Waals surface area (Å²) in [5.41, 5.74) is 0.745. The third-order valence-electron chi connectivity index (χ3n) is 3.12. The fourth-order valence-electron chi connectivity index (χ4n) is 1.55. The van der Waals surface area contributed by atoms with Crippen LogP contribution in [-0.2, 0) is 6.54 Å². The summed E-state index contributed by atoms with van der Waals surface area (Å²) in [4.78, 5) is 1.22. The minimum atomic E-state index is -0.567. The van der Waals surface area contributed by atoms with Gasteiger partial charge in [0.25, 0.3) is 0 Å². The van der Waals surface area contributed by atoms with Crippen LogP contribution in [0.4, 0.5) is 0 Å². The van der Waals surface area contributed by atoms with Crippen LogP contribution >= 0.6 is 11.8 Å². The van der Waals surface area contributed by atoms with E-state index < -0.39 is 5.60 Å². The molecule has 0 heterocycles. The van der Waals surface area contributed by atoms with Crippen molar-refractivity contribution >= 4 is 11.8 Å². The molecule has 108 valence electrons. The maximum Gasteiger partial charge on any atom is 0.0710 e. The Morgan fingerprint density at radius 2 is 1.89 bits per heavy atom. The van der Waals surface area contributed by atoms with E-state index in [1.807, 2.05) is 13.8 Å². The van der Waals surface area contributed by atoms with Gasteiger partial charge in [0.15, 0.2) is 0 Å². The fourth-order valence-corrected chi connectivity index (χ4v) is 2.56. The van der Waals surface area contributed by atoms with Crippen molar-refractivity contribution in [3.8, 4) is 0 Å². The predicted octanol–water partition coefficient (Wildman–Crippen LogP) is 3.69. The van der Waals surface area contributed by atoms with Gasteiger partial charge in [0, 0.05) is 17.2 Å². The van der Waals surface area contributed by atoms with Crippen LogP contribution in [-0.4, -0.2) is 23.0 Å². The summed E-state index contributed by atoms with van der Waals surface area (Å²) in [5.74, 6) is 1.43. The van der Waals surface area contributed by atoms with Gasteiger partial charge in [0.2, 0.25) is 0 Å². The summed E-state index contributed by atoms with van der Waals surface area (Å²) in [6.45, 7) is 10.3. The van der Waals surface area contributed by atoms with Crippen molar-refractivity contribution in [1.29, 1.82) is 0 Å². The van der Waals surface area contributed by atoms with Crippen LogP contribution in [0.3, 0.4) is 0 Å². The maximum absolute atomic E-state index is 9.98. The summed E-state index contributed by atoms with van der Waals surface area (Å²) >= 11 is 1.72. The number of benzene rings is 1. The molecule has 0 bridgehead atoms. The van der Waals surface area contributed by atoms with E-state index >= 15 is 0 Å². The minimum Gasteiger partial charge on any atom is -0.389 e. The van der Waals surface area contributed by atoms with Crippen LogP contribution in [0, 0.1) is 5.92 Å². The summed E-state index contributed by atoms with van der Waals surface area (Å²) < 4.78 is 0. The molecule has 0 saturated heterocycles. The van der Waals surface area contributed by atoms with Crippen LogP contribution in [0.5, 0.6) is 0 Å². The monoisotopic (exact) mass is 281 g/mol. The molecule has 0 aliphatic rings. The van der Waals surface area contributed by atoms with E-state index in [9.17, 15) is 5.11 Å². The molecule has 0 aliphatic carbocycles. The Kier molecular flexibility index (Phi) is 6.90. The third-order valence-corrected chi connectivity index (χ3v) is 4.49. The molecule has 1 unspecified atom stereocenters. The fraction of sp³-hybridized carbons (Fsp3) is 0.625. The van der Waals surface area contributed by atoms with E-state index in [1.54, 1.807) is 11.8 Å². The number of hydrogen-bond acceptors (Lipinski definition) is 3. The van der Waals surface area contributed by atoms with Gasteiger partial charge in [-0.15, -0.1) is 11.8 Å². The van der Waals surface area contributed by atoms with Gasteiger partial charge >= 0.3 is 0 Å². The largest absolute Gasteiger partial charge is 0.389 e. The predicted molar refractivity (Wildman–Crippen MR) is 84.6 cm³/mol. The Hall–Kier alpha value is -0.510. The topological polar surface area (TPSA) is 32.3 Å². The molecule has 0 amide bonds. The van der Waals surface area contributed by atoms with Crippen molar-refractivity contribution in [3.63, 3.8) is 0 Å². The lowest BCUT2D eigenvalue weighted by Crippen LogP contribution is -2.25. The third kappa shape index (κ3) is 7.00. The molecule has 0 radical (unpaired) electrons. The highest BCUT2D eigenvalue weighted by atomic mass is 32.2. The molecule has 1 aromatic rings. The van der Waals surface area contributed by atoms with Gasteiger partial charge in [0.1, 0.15) is 0 Å². The van der Waals surface area contributed by atoms with E-state index in [0.29, 0.717) is 5.92 Å². The van der Waals surface area contributed by atoms with Crippen LogP contribution in [0.15, 0.2) is 29.2 Å². The van der Waals surface area contributed by atoms with Crippen molar-refractivity contribution in [2.24, 2.45) is 5.92 Å². The highest BCUT2D eigenvalue weighted by Gasteiger charge is 2.17. The zero-order valence-corrected chi connectivity index (χ0v) is 13.4. The number of nitrogens with one attached hydrogen (secondary N) is 1. The second-order valence-electron chi connectivity index (χ2n) is 5.81. The highest BCUT2D eigenvalue weighted by Crippen LogP contribution is 2.24. The molecule has 2 N–H and O–H groups in total. The van der Waals surface area contributed by atoms with E-state index in [1.165, 1.54) is 10.5 Å². The van der Waals surface area contributed by atoms with Gasteiger partial charge in [-0.2, -0.15) is 0 Å². The SMILES string of the molecule is CCC(C)(O)CSc1ccc(CNCC(C)C)cc1. The summed E-state index contributed by atoms with van der Waals surface area (Å²) in [5, 5.41) is 13.4. The van der Waals surface area contributed by atoms with Gasteiger partial charge in [-0.25, -0.2) is 0 Å².